The second-order valence-electron chi connectivity index (χ2n) is 5.60. The first kappa shape index (κ1) is 14.6. The predicted octanol–water partition coefficient (Wildman–Crippen LogP) is 1.08. The van der Waals surface area contributed by atoms with Crippen LogP contribution in [0, 0.1) is 0 Å². The molecule has 2 heterocycles. The zero-order valence-corrected chi connectivity index (χ0v) is 12.5. The number of rotatable bonds is 3. The number of nitrogens with zero attached hydrogens (tertiary/aromatic N) is 3. The van der Waals surface area contributed by atoms with E-state index >= 15 is 0 Å². The Balaban J connectivity index is 1.61. The van der Waals surface area contributed by atoms with Crippen molar-refractivity contribution in [1.29, 1.82) is 0 Å². The molecule has 0 unspecified atom stereocenters. The third-order valence-electron chi connectivity index (χ3n) is 4.16. The van der Waals surface area contributed by atoms with Crippen LogP contribution in [0.2, 0.25) is 0 Å². The molecular formula is C16H20N4O2. The first-order valence-electron chi connectivity index (χ1n) is 7.68. The fraction of sp³-hybridized carbons (Fsp3) is 0.438. The molecule has 6 heteroatoms. The highest BCUT2D eigenvalue weighted by molar-refractivity contribution is 6.21. The van der Waals surface area contributed by atoms with Crippen LogP contribution < -0.4 is 5.73 Å². The molecule has 1 saturated heterocycles. The quantitative estimate of drug-likeness (QED) is 0.515. The second kappa shape index (κ2) is 6.17. The summed E-state index contributed by atoms with van der Waals surface area (Å²) in [5, 5.41) is 0. The standard InChI is InChI=1S/C16H20N4O2/c17-16(19-9-4-1-5-10-19)18-8-11-20-14(21)12-6-2-3-7-13(12)15(20)22/h2-3,6-7H,1,4-5,8-11H2,(H2,17,18). The van der Waals surface area contributed by atoms with Gasteiger partial charge >= 0.3 is 0 Å². The Hall–Kier alpha value is -2.37. The molecule has 2 aliphatic heterocycles. The van der Waals surface area contributed by atoms with Crippen LogP contribution >= 0.6 is 0 Å². The lowest BCUT2D eigenvalue weighted by atomic mass is 10.1. The van der Waals surface area contributed by atoms with Gasteiger partial charge in [0.1, 0.15) is 0 Å². The van der Waals surface area contributed by atoms with Gasteiger partial charge in [-0.25, -0.2) is 0 Å². The van der Waals surface area contributed by atoms with Gasteiger partial charge in [0.15, 0.2) is 5.96 Å². The number of likely N-dealkylation sites (tertiary alicyclic amines) is 1. The molecule has 0 aliphatic carbocycles. The summed E-state index contributed by atoms with van der Waals surface area (Å²) in [5.41, 5.74) is 6.92. The molecule has 116 valence electrons. The highest BCUT2D eigenvalue weighted by Crippen LogP contribution is 2.21. The van der Waals surface area contributed by atoms with Gasteiger partial charge in [0.25, 0.3) is 11.8 Å². The van der Waals surface area contributed by atoms with Crippen LogP contribution in [0.4, 0.5) is 0 Å². The van der Waals surface area contributed by atoms with Crippen LogP contribution in [-0.4, -0.2) is 53.8 Å². The Morgan fingerprint density at radius 2 is 1.64 bits per heavy atom. The van der Waals surface area contributed by atoms with Gasteiger partial charge in [-0.2, -0.15) is 0 Å². The van der Waals surface area contributed by atoms with Crippen molar-refractivity contribution in [2.75, 3.05) is 26.2 Å². The number of carbonyl (C=O) groups excluding carboxylic acids is 2. The lowest BCUT2D eigenvalue weighted by Gasteiger charge is -2.27. The van der Waals surface area contributed by atoms with Crippen LogP contribution in [0.15, 0.2) is 29.3 Å². The summed E-state index contributed by atoms with van der Waals surface area (Å²) >= 11 is 0. The van der Waals surface area contributed by atoms with Gasteiger partial charge in [0, 0.05) is 19.6 Å². The molecule has 0 radical (unpaired) electrons. The summed E-state index contributed by atoms with van der Waals surface area (Å²) in [7, 11) is 0. The normalized spacial score (nSPS) is 18.8. The molecule has 2 amide bonds. The van der Waals surface area contributed by atoms with Crippen molar-refractivity contribution in [3.05, 3.63) is 35.4 Å². The van der Waals surface area contributed by atoms with Gasteiger partial charge in [0.2, 0.25) is 0 Å². The smallest absolute Gasteiger partial charge is 0.261 e. The number of carbonyl (C=O) groups is 2. The largest absolute Gasteiger partial charge is 0.370 e. The SMILES string of the molecule is NC(=NCCN1C(=O)c2ccccc2C1=O)N1CCCCC1. The van der Waals surface area contributed by atoms with E-state index < -0.39 is 0 Å². The summed E-state index contributed by atoms with van der Waals surface area (Å²) in [6.45, 7) is 2.47. The van der Waals surface area contributed by atoms with E-state index in [1.807, 2.05) is 0 Å². The summed E-state index contributed by atoms with van der Waals surface area (Å²) in [5.74, 6) is 0.0241. The van der Waals surface area contributed by atoms with Crippen molar-refractivity contribution in [2.45, 2.75) is 19.3 Å². The maximum absolute atomic E-state index is 12.2. The number of guanidine groups is 1. The fourth-order valence-electron chi connectivity index (χ4n) is 2.93. The third kappa shape index (κ3) is 2.68. The highest BCUT2D eigenvalue weighted by atomic mass is 16.2. The summed E-state index contributed by atoms with van der Waals surface area (Å²) in [6, 6.07) is 6.89. The first-order chi connectivity index (χ1) is 10.7. The fourth-order valence-corrected chi connectivity index (χ4v) is 2.93. The number of piperidine rings is 1. The Morgan fingerprint density at radius 3 is 2.23 bits per heavy atom. The van der Waals surface area contributed by atoms with Crippen molar-refractivity contribution in [3.63, 3.8) is 0 Å². The number of hydrogen-bond donors (Lipinski definition) is 1. The molecule has 0 spiro atoms. The van der Waals surface area contributed by atoms with Crippen LogP contribution in [-0.2, 0) is 0 Å². The molecular weight excluding hydrogens is 280 g/mol. The second-order valence-corrected chi connectivity index (χ2v) is 5.60. The Bertz CT molecular complexity index is 585. The molecule has 3 rings (SSSR count). The number of fused-ring (bicyclic) bond motifs is 1. The molecule has 0 saturated carbocycles. The van der Waals surface area contributed by atoms with Crippen molar-refractivity contribution in [3.8, 4) is 0 Å². The zero-order valence-electron chi connectivity index (χ0n) is 12.5. The Labute approximate surface area is 129 Å². The van der Waals surface area contributed by atoms with Gasteiger partial charge in [-0.3, -0.25) is 19.5 Å². The van der Waals surface area contributed by atoms with Crippen molar-refractivity contribution in [1.82, 2.24) is 9.80 Å². The molecule has 2 N–H and O–H groups in total. The maximum atomic E-state index is 12.2. The number of hydrogen-bond acceptors (Lipinski definition) is 3. The van der Waals surface area contributed by atoms with E-state index in [2.05, 4.69) is 9.89 Å². The minimum Gasteiger partial charge on any atom is -0.370 e. The Morgan fingerprint density at radius 1 is 1.05 bits per heavy atom. The number of imide groups is 1. The van der Waals surface area contributed by atoms with Crippen LogP contribution in [0.5, 0.6) is 0 Å². The van der Waals surface area contributed by atoms with Crippen molar-refractivity contribution in [2.24, 2.45) is 10.7 Å². The summed E-state index contributed by atoms with van der Waals surface area (Å²) in [6.07, 6.45) is 3.50. The van der Waals surface area contributed by atoms with Crippen LogP contribution in [0.1, 0.15) is 40.0 Å². The number of nitrogens with two attached hydrogens (primary N) is 1. The van der Waals surface area contributed by atoms with E-state index in [0.29, 0.717) is 23.6 Å². The van der Waals surface area contributed by atoms with E-state index in [1.165, 1.54) is 11.3 Å². The van der Waals surface area contributed by atoms with Gasteiger partial charge in [-0.05, 0) is 31.4 Å². The van der Waals surface area contributed by atoms with Crippen molar-refractivity contribution >= 4 is 17.8 Å². The van der Waals surface area contributed by atoms with Gasteiger partial charge in [0.05, 0.1) is 17.7 Å². The molecule has 0 bridgehead atoms. The average Bonchev–Trinajstić information content (AvgIpc) is 2.81. The Kier molecular flexibility index (Phi) is 4.09. The molecule has 0 atom stereocenters. The van der Waals surface area contributed by atoms with E-state index in [4.69, 9.17) is 5.73 Å². The minimum atomic E-state index is -0.243. The molecule has 1 fully saturated rings. The monoisotopic (exact) mass is 300 g/mol. The highest BCUT2D eigenvalue weighted by Gasteiger charge is 2.34. The maximum Gasteiger partial charge on any atom is 0.261 e. The van der Waals surface area contributed by atoms with Gasteiger partial charge in [-0.1, -0.05) is 12.1 Å². The molecule has 1 aromatic carbocycles. The topological polar surface area (TPSA) is 79.0 Å². The number of benzene rings is 1. The van der Waals surface area contributed by atoms with Gasteiger partial charge in [-0.15, -0.1) is 0 Å². The third-order valence-corrected chi connectivity index (χ3v) is 4.16. The van der Waals surface area contributed by atoms with E-state index in [-0.39, 0.29) is 18.4 Å². The molecule has 0 aromatic heterocycles. The molecule has 2 aliphatic rings. The summed E-state index contributed by atoms with van der Waals surface area (Å²) in [4.78, 5) is 32.0. The predicted molar refractivity (Wildman–Crippen MR) is 83.7 cm³/mol. The minimum absolute atomic E-state index is 0.243. The zero-order chi connectivity index (χ0) is 15.5. The van der Waals surface area contributed by atoms with Crippen LogP contribution in [0.3, 0.4) is 0 Å². The van der Waals surface area contributed by atoms with E-state index in [0.717, 1.165) is 25.9 Å². The average molecular weight is 300 g/mol. The molecule has 22 heavy (non-hydrogen) atoms. The lowest BCUT2D eigenvalue weighted by molar-refractivity contribution is 0.0659. The first-order valence-corrected chi connectivity index (χ1v) is 7.68. The summed E-state index contributed by atoms with van der Waals surface area (Å²) < 4.78 is 0. The molecule has 1 aromatic rings. The number of aliphatic imine (C=N–C) groups is 1. The number of amides is 2. The van der Waals surface area contributed by atoms with Crippen molar-refractivity contribution < 1.29 is 9.59 Å². The molecule has 6 nitrogen and oxygen atoms in total. The van der Waals surface area contributed by atoms with Gasteiger partial charge < -0.3 is 10.6 Å². The van der Waals surface area contributed by atoms with E-state index in [1.54, 1.807) is 24.3 Å². The lowest BCUT2D eigenvalue weighted by Crippen LogP contribution is -2.41. The van der Waals surface area contributed by atoms with Crippen LogP contribution in [0.25, 0.3) is 0 Å². The van der Waals surface area contributed by atoms with E-state index in [9.17, 15) is 9.59 Å².